The molecule has 1 unspecified atom stereocenters. The van der Waals surface area contributed by atoms with Crippen molar-refractivity contribution in [1.29, 1.82) is 0 Å². The summed E-state index contributed by atoms with van der Waals surface area (Å²) in [6, 6.07) is 17.8. The normalized spacial score (nSPS) is 17.0. The molecule has 126 valence electrons. The number of hydrogen-bond acceptors (Lipinski definition) is 3. The standard InChI is InChI=1S/C20H24N2O2/c1-21-14-18-8-5-13-22(18)20(23)17-9-11-19(12-10-17)24-15-16-6-3-2-4-7-16/h2-4,6-7,9-12,18,21H,5,8,13-15H2,1H3. The summed E-state index contributed by atoms with van der Waals surface area (Å²) in [5.74, 6) is 0.894. The second-order valence-corrected chi connectivity index (χ2v) is 6.15. The Labute approximate surface area is 143 Å². The Balaban J connectivity index is 1.60. The second kappa shape index (κ2) is 7.97. The van der Waals surface area contributed by atoms with E-state index < -0.39 is 0 Å². The predicted octanol–water partition coefficient (Wildman–Crippen LogP) is 3.09. The molecule has 1 aliphatic rings. The van der Waals surface area contributed by atoms with Crippen LogP contribution in [0.3, 0.4) is 0 Å². The van der Waals surface area contributed by atoms with Gasteiger partial charge in [0, 0.05) is 24.7 Å². The molecule has 0 saturated carbocycles. The maximum atomic E-state index is 12.7. The van der Waals surface area contributed by atoms with E-state index in [4.69, 9.17) is 4.74 Å². The molecule has 3 rings (SSSR count). The molecule has 1 heterocycles. The molecule has 2 aromatic carbocycles. The van der Waals surface area contributed by atoms with Gasteiger partial charge in [-0.15, -0.1) is 0 Å². The molecular formula is C20H24N2O2. The molecular weight excluding hydrogens is 300 g/mol. The zero-order valence-electron chi connectivity index (χ0n) is 14.1. The van der Waals surface area contributed by atoms with Crippen LogP contribution in [0.4, 0.5) is 0 Å². The molecule has 24 heavy (non-hydrogen) atoms. The molecule has 0 aliphatic carbocycles. The van der Waals surface area contributed by atoms with E-state index >= 15 is 0 Å². The van der Waals surface area contributed by atoms with Crippen LogP contribution >= 0.6 is 0 Å². The molecule has 0 bridgehead atoms. The number of nitrogens with one attached hydrogen (secondary N) is 1. The van der Waals surface area contributed by atoms with E-state index in [9.17, 15) is 4.79 Å². The maximum absolute atomic E-state index is 12.7. The average Bonchev–Trinajstić information content (AvgIpc) is 3.09. The number of carbonyl (C=O) groups is 1. The highest BCUT2D eigenvalue weighted by Crippen LogP contribution is 2.21. The van der Waals surface area contributed by atoms with Crippen LogP contribution in [0.15, 0.2) is 54.6 Å². The Bertz CT molecular complexity index is 655. The van der Waals surface area contributed by atoms with Crippen molar-refractivity contribution in [1.82, 2.24) is 10.2 Å². The minimum atomic E-state index is 0.113. The zero-order chi connectivity index (χ0) is 16.8. The summed E-state index contributed by atoms with van der Waals surface area (Å²) in [5, 5.41) is 3.17. The minimum absolute atomic E-state index is 0.113. The molecule has 1 aliphatic heterocycles. The van der Waals surface area contributed by atoms with Crippen molar-refractivity contribution in [3.05, 3.63) is 65.7 Å². The van der Waals surface area contributed by atoms with Gasteiger partial charge in [0.25, 0.3) is 5.91 Å². The van der Waals surface area contributed by atoms with Gasteiger partial charge in [-0.25, -0.2) is 0 Å². The molecule has 2 aromatic rings. The molecule has 0 radical (unpaired) electrons. The smallest absolute Gasteiger partial charge is 0.254 e. The van der Waals surface area contributed by atoms with Gasteiger partial charge in [-0.2, -0.15) is 0 Å². The van der Waals surface area contributed by atoms with Crippen LogP contribution in [0.25, 0.3) is 0 Å². The van der Waals surface area contributed by atoms with E-state index in [-0.39, 0.29) is 5.91 Å². The van der Waals surface area contributed by atoms with Gasteiger partial charge in [0.2, 0.25) is 0 Å². The van der Waals surface area contributed by atoms with E-state index in [0.717, 1.165) is 42.8 Å². The predicted molar refractivity (Wildman–Crippen MR) is 95.2 cm³/mol. The summed E-state index contributed by atoms with van der Waals surface area (Å²) in [6.45, 7) is 2.23. The SMILES string of the molecule is CNCC1CCCN1C(=O)c1ccc(OCc2ccccc2)cc1. The third-order valence-electron chi connectivity index (χ3n) is 4.43. The molecule has 0 spiro atoms. The molecule has 4 heteroatoms. The highest BCUT2D eigenvalue weighted by Gasteiger charge is 2.28. The molecule has 1 atom stereocenters. The molecule has 1 amide bonds. The van der Waals surface area contributed by atoms with E-state index in [1.165, 1.54) is 0 Å². The summed E-state index contributed by atoms with van der Waals surface area (Å²) < 4.78 is 5.78. The summed E-state index contributed by atoms with van der Waals surface area (Å²) in [6.07, 6.45) is 2.15. The summed E-state index contributed by atoms with van der Waals surface area (Å²) in [7, 11) is 1.93. The van der Waals surface area contributed by atoms with Crippen molar-refractivity contribution < 1.29 is 9.53 Å². The lowest BCUT2D eigenvalue weighted by Gasteiger charge is -2.24. The van der Waals surface area contributed by atoms with Gasteiger partial charge in [0.15, 0.2) is 0 Å². The zero-order valence-corrected chi connectivity index (χ0v) is 14.1. The minimum Gasteiger partial charge on any atom is -0.489 e. The first-order valence-electron chi connectivity index (χ1n) is 8.50. The van der Waals surface area contributed by atoms with Crippen LogP contribution in [-0.4, -0.2) is 37.0 Å². The van der Waals surface area contributed by atoms with Gasteiger partial charge >= 0.3 is 0 Å². The number of ether oxygens (including phenoxy) is 1. The van der Waals surface area contributed by atoms with Gasteiger partial charge in [0.1, 0.15) is 12.4 Å². The Kier molecular flexibility index (Phi) is 5.49. The average molecular weight is 324 g/mol. The van der Waals surface area contributed by atoms with E-state index in [1.807, 2.05) is 66.5 Å². The fraction of sp³-hybridized carbons (Fsp3) is 0.350. The second-order valence-electron chi connectivity index (χ2n) is 6.15. The van der Waals surface area contributed by atoms with Crippen molar-refractivity contribution in [2.75, 3.05) is 20.1 Å². The van der Waals surface area contributed by atoms with Crippen molar-refractivity contribution in [2.45, 2.75) is 25.5 Å². The van der Waals surface area contributed by atoms with Crippen LogP contribution in [0.1, 0.15) is 28.8 Å². The summed E-state index contributed by atoms with van der Waals surface area (Å²) >= 11 is 0. The van der Waals surface area contributed by atoms with Gasteiger partial charge < -0.3 is 15.0 Å². The van der Waals surface area contributed by atoms with Crippen molar-refractivity contribution in [3.63, 3.8) is 0 Å². The molecule has 4 nitrogen and oxygen atoms in total. The lowest BCUT2D eigenvalue weighted by atomic mass is 10.1. The quantitative estimate of drug-likeness (QED) is 0.888. The molecule has 0 aromatic heterocycles. The lowest BCUT2D eigenvalue weighted by molar-refractivity contribution is 0.0737. The highest BCUT2D eigenvalue weighted by molar-refractivity contribution is 5.94. The van der Waals surface area contributed by atoms with Gasteiger partial charge in [-0.05, 0) is 49.7 Å². The third kappa shape index (κ3) is 3.95. The van der Waals surface area contributed by atoms with Gasteiger partial charge in [0.05, 0.1) is 0 Å². The topological polar surface area (TPSA) is 41.6 Å². The van der Waals surface area contributed by atoms with Crippen LogP contribution in [0.5, 0.6) is 5.75 Å². The number of carbonyl (C=O) groups excluding carboxylic acids is 1. The van der Waals surface area contributed by atoms with Crippen LogP contribution in [-0.2, 0) is 6.61 Å². The highest BCUT2D eigenvalue weighted by atomic mass is 16.5. The Morgan fingerprint density at radius 2 is 1.92 bits per heavy atom. The Hall–Kier alpha value is -2.33. The number of hydrogen-bond donors (Lipinski definition) is 1. The van der Waals surface area contributed by atoms with Crippen LogP contribution in [0, 0.1) is 0 Å². The Morgan fingerprint density at radius 1 is 1.17 bits per heavy atom. The first kappa shape index (κ1) is 16.5. The van der Waals surface area contributed by atoms with Crippen LogP contribution < -0.4 is 10.1 Å². The largest absolute Gasteiger partial charge is 0.489 e. The maximum Gasteiger partial charge on any atom is 0.254 e. The molecule has 1 fully saturated rings. The number of likely N-dealkylation sites (N-methyl/N-ethyl adjacent to an activating group) is 1. The van der Waals surface area contributed by atoms with E-state index in [1.54, 1.807) is 0 Å². The number of nitrogens with zero attached hydrogens (tertiary/aromatic N) is 1. The number of amides is 1. The van der Waals surface area contributed by atoms with Gasteiger partial charge in [-0.1, -0.05) is 30.3 Å². The fourth-order valence-corrected chi connectivity index (χ4v) is 3.15. The van der Waals surface area contributed by atoms with Crippen LogP contribution in [0.2, 0.25) is 0 Å². The number of rotatable bonds is 6. The molecule has 1 saturated heterocycles. The van der Waals surface area contributed by atoms with E-state index in [0.29, 0.717) is 12.6 Å². The summed E-state index contributed by atoms with van der Waals surface area (Å²) in [5.41, 5.74) is 1.86. The summed E-state index contributed by atoms with van der Waals surface area (Å²) in [4.78, 5) is 14.7. The van der Waals surface area contributed by atoms with Crippen molar-refractivity contribution in [2.24, 2.45) is 0 Å². The van der Waals surface area contributed by atoms with Crippen molar-refractivity contribution in [3.8, 4) is 5.75 Å². The fourth-order valence-electron chi connectivity index (χ4n) is 3.15. The molecule has 1 N–H and O–H groups in total. The van der Waals surface area contributed by atoms with Gasteiger partial charge in [-0.3, -0.25) is 4.79 Å². The van der Waals surface area contributed by atoms with Crippen molar-refractivity contribution >= 4 is 5.91 Å². The first-order chi connectivity index (χ1) is 11.8. The monoisotopic (exact) mass is 324 g/mol. The third-order valence-corrected chi connectivity index (χ3v) is 4.43. The van der Waals surface area contributed by atoms with E-state index in [2.05, 4.69) is 5.32 Å². The number of likely N-dealkylation sites (tertiary alicyclic amines) is 1. The first-order valence-corrected chi connectivity index (χ1v) is 8.50. The Morgan fingerprint density at radius 3 is 2.62 bits per heavy atom. The lowest BCUT2D eigenvalue weighted by Crippen LogP contribution is -2.40. The number of benzene rings is 2.